The summed E-state index contributed by atoms with van der Waals surface area (Å²) in [6, 6.07) is 18.2. The van der Waals surface area contributed by atoms with Gasteiger partial charge < -0.3 is 21.9 Å². The van der Waals surface area contributed by atoms with Gasteiger partial charge in [-0.15, -0.1) is 17.7 Å². The molecule has 0 aliphatic heterocycles. The van der Waals surface area contributed by atoms with Crippen molar-refractivity contribution in [3.63, 3.8) is 0 Å². The molecule has 0 saturated heterocycles. The van der Waals surface area contributed by atoms with E-state index in [1.165, 1.54) is 6.08 Å². The zero-order chi connectivity index (χ0) is 36.3. The number of halogens is 2. The Labute approximate surface area is 321 Å². The Bertz CT molecular complexity index is 2210. The van der Waals surface area contributed by atoms with E-state index in [1.54, 1.807) is 31.3 Å². The van der Waals surface area contributed by atoms with Crippen molar-refractivity contribution in [3.05, 3.63) is 108 Å². The normalized spacial score (nSPS) is 11.8. The Morgan fingerprint density at radius 2 is 1.52 bits per heavy atom. The van der Waals surface area contributed by atoms with Crippen LogP contribution in [0.3, 0.4) is 0 Å². The van der Waals surface area contributed by atoms with Gasteiger partial charge in [-0.1, -0.05) is 77.6 Å². The number of aromatic nitrogens is 1. The van der Waals surface area contributed by atoms with Crippen molar-refractivity contribution in [3.8, 4) is 11.3 Å². The Hall–Kier alpha value is -3.93. The van der Waals surface area contributed by atoms with Gasteiger partial charge in [-0.2, -0.15) is 0 Å². The van der Waals surface area contributed by atoms with Gasteiger partial charge >= 0.3 is 0 Å². The number of rotatable bonds is 10. The van der Waals surface area contributed by atoms with Gasteiger partial charge in [0.1, 0.15) is 17.2 Å². The van der Waals surface area contributed by atoms with Crippen molar-refractivity contribution in [1.82, 2.24) is 4.98 Å². The molecule has 2 aromatic heterocycles. The van der Waals surface area contributed by atoms with E-state index in [9.17, 15) is 9.90 Å². The molecule has 0 spiro atoms. The maximum atomic E-state index is 15.5. The zero-order valence-electron chi connectivity index (χ0n) is 31.8. The van der Waals surface area contributed by atoms with Crippen LogP contribution in [0.25, 0.3) is 54.7 Å². The minimum absolute atomic E-state index is 0. The van der Waals surface area contributed by atoms with Crippen LogP contribution in [0.5, 0.6) is 0 Å². The third kappa shape index (κ3) is 8.64. The van der Waals surface area contributed by atoms with Crippen LogP contribution in [0.2, 0.25) is 0 Å². The van der Waals surface area contributed by atoms with Crippen molar-refractivity contribution in [2.45, 2.75) is 87.5 Å². The topological polar surface area (TPSA) is 63.3 Å². The van der Waals surface area contributed by atoms with Crippen LogP contribution in [0.1, 0.15) is 83.9 Å². The van der Waals surface area contributed by atoms with Crippen molar-refractivity contribution < 1.29 is 43.2 Å². The SMILES string of the molecule is CCC(CC)C(=O)/C=C(\O)C(CC)CC.Cc1[c-]c(-c2nccc3c2cc(F)c2cc(CC(C)C)ccc23)c2oc3ccc(C)c(F)c3c2c1.[CH3-].[Ir]. The van der Waals surface area contributed by atoms with Gasteiger partial charge in [0.05, 0.1) is 11.3 Å². The second-order valence-electron chi connectivity index (χ2n) is 13.8. The first-order valence-corrected chi connectivity index (χ1v) is 17.9. The first-order valence-electron chi connectivity index (χ1n) is 17.9. The molecule has 4 nitrogen and oxygen atoms in total. The Morgan fingerprint density at radius 3 is 2.15 bits per heavy atom. The number of allylic oxidation sites excluding steroid dienone is 2. The molecule has 52 heavy (non-hydrogen) atoms. The van der Waals surface area contributed by atoms with Crippen LogP contribution in [0.4, 0.5) is 8.78 Å². The van der Waals surface area contributed by atoms with Crippen LogP contribution in [0.15, 0.2) is 71.0 Å². The van der Waals surface area contributed by atoms with Crippen molar-refractivity contribution >= 4 is 49.3 Å². The molecule has 0 fully saturated rings. The molecule has 6 rings (SSSR count). The third-order valence-corrected chi connectivity index (χ3v) is 9.79. The number of benzene rings is 4. The molecule has 4 aromatic carbocycles. The van der Waals surface area contributed by atoms with Gasteiger partial charge in [-0.25, -0.2) is 8.78 Å². The number of carbonyl (C=O) groups is 1. The van der Waals surface area contributed by atoms with Crippen LogP contribution < -0.4 is 0 Å². The van der Waals surface area contributed by atoms with Gasteiger partial charge in [-0.05, 0) is 102 Å². The summed E-state index contributed by atoms with van der Waals surface area (Å²) in [5.74, 6) is 0.454. The third-order valence-electron chi connectivity index (χ3n) is 9.79. The smallest absolute Gasteiger partial charge is 0.162 e. The van der Waals surface area contributed by atoms with Crippen molar-refractivity contribution in [2.75, 3.05) is 0 Å². The van der Waals surface area contributed by atoms with Crippen molar-refractivity contribution in [1.29, 1.82) is 0 Å². The summed E-state index contributed by atoms with van der Waals surface area (Å²) in [4.78, 5) is 16.3. The Morgan fingerprint density at radius 1 is 0.865 bits per heavy atom. The summed E-state index contributed by atoms with van der Waals surface area (Å²) in [5, 5.41) is 13.9. The van der Waals surface area contributed by atoms with E-state index in [1.807, 2.05) is 58.9 Å². The van der Waals surface area contributed by atoms with Crippen LogP contribution in [0, 0.1) is 56.7 Å². The van der Waals surface area contributed by atoms with E-state index in [4.69, 9.17) is 4.42 Å². The quantitative estimate of drug-likeness (QED) is 0.0644. The van der Waals surface area contributed by atoms with E-state index in [-0.39, 0.29) is 62.5 Å². The number of pyridine rings is 1. The first-order chi connectivity index (χ1) is 23.9. The van der Waals surface area contributed by atoms with Gasteiger partial charge in [0.15, 0.2) is 5.78 Å². The molecule has 0 bridgehead atoms. The second-order valence-corrected chi connectivity index (χ2v) is 13.8. The standard InChI is InChI=1S/C31H24F2NO.C13H24O2.CH3.Ir/c1-16(2)11-19-6-7-20-21-9-10-34-30(23(21)15-26(32)22(20)14-19)25-13-17(3)12-24-28-27(35-31(24)25)8-5-18(4)29(28)33;1-5-10(6-2)12(14)9-13(15)11(7-3)8-4;;/h5-10,12,14-16H,11H2,1-4H3;9-11,14H,5-8H2,1-4H3;1H3;/q-1;;-1;/b;12-9-;;. The van der Waals surface area contributed by atoms with E-state index in [0.29, 0.717) is 55.4 Å². The van der Waals surface area contributed by atoms with Crippen LogP contribution in [-0.4, -0.2) is 15.9 Å². The monoisotopic (exact) mass is 884 g/mol. The summed E-state index contributed by atoms with van der Waals surface area (Å²) >= 11 is 0. The van der Waals surface area contributed by atoms with E-state index < -0.39 is 0 Å². The number of aryl methyl sites for hydroxylation is 2. The Kier molecular flexibility index (Phi) is 14.9. The number of nitrogens with zero attached hydrogens (tertiary/aromatic N) is 1. The molecule has 1 radical (unpaired) electrons. The molecule has 0 aliphatic carbocycles. The predicted octanol–water partition coefficient (Wildman–Crippen LogP) is 13.2. The van der Waals surface area contributed by atoms with E-state index in [0.717, 1.165) is 54.0 Å². The molecule has 0 unspecified atom stereocenters. The molecule has 0 saturated carbocycles. The molecule has 1 N–H and O–H groups in total. The molecule has 7 heteroatoms. The minimum Gasteiger partial charge on any atom is -0.512 e. The van der Waals surface area contributed by atoms with Crippen LogP contribution in [-0.2, 0) is 31.3 Å². The maximum absolute atomic E-state index is 15.5. The Balaban J connectivity index is 0.000000369. The number of hydrogen-bond donors (Lipinski definition) is 1. The number of carbonyl (C=O) groups excluding carboxylic acids is 1. The molecule has 6 aromatic rings. The molecule has 0 amide bonds. The molecular weight excluding hydrogens is 833 g/mol. The number of aliphatic hydroxyl groups is 1. The van der Waals surface area contributed by atoms with Crippen molar-refractivity contribution in [2.24, 2.45) is 17.8 Å². The number of aliphatic hydroxyl groups excluding tert-OH is 1. The number of fused-ring (bicyclic) bond motifs is 6. The van der Waals surface area contributed by atoms with Gasteiger partial charge in [0.25, 0.3) is 0 Å². The molecule has 279 valence electrons. The predicted molar refractivity (Wildman–Crippen MR) is 209 cm³/mol. The maximum Gasteiger partial charge on any atom is 0.162 e. The summed E-state index contributed by atoms with van der Waals surface area (Å²) in [5.41, 5.74) is 4.65. The molecule has 0 atom stereocenters. The average Bonchev–Trinajstić information content (AvgIpc) is 3.46. The molecule has 2 heterocycles. The zero-order valence-corrected chi connectivity index (χ0v) is 34.2. The number of hydrogen-bond acceptors (Lipinski definition) is 4. The largest absolute Gasteiger partial charge is 0.512 e. The molecule has 0 aliphatic rings. The fourth-order valence-corrected chi connectivity index (χ4v) is 6.93. The molecular formula is C45H51F2IrNO3-2. The summed E-state index contributed by atoms with van der Waals surface area (Å²) in [6.45, 7) is 16.0. The second kappa shape index (κ2) is 18.2. The summed E-state index contributed by atoms with van der Waals surface area (Å²) in [7, 11) is 0. The van der Waals surface area contributed by atoms with E-state index in [2.05, 4.69) is 31.0 Å². The average molecular weight is 884 g/mol. The van der Waals surface area contributed by atoms with Gasteiger partial charge in [0.2, 0.25) is 0 Å². The number of ketones is 1. The minimum atomic E-state index is -0.294. The summed E-state index contributed by atoms with van der Waals surface area (Å²) < 4.78 is 36.7. The van der Waals surface area contributed by atoms with E-state index >= 15 is 8.78 Å². The van der Waals surface area contributed by atoms with Crippen LogP contribution >= 0.6 is 0 Å². The number of furan rings is 1. The fraction of sp³-hybridized carbons (Fsp3) is 0.356. The first kappa shape index (κ1) is 42.5. The van der Waals surface area contributed by atoms with Gasteiger partial charge in [-0.3, -0.25) is 4.79 Å². The fourth-order valence-electron chi connectivity index (χ4n) is 6.93. The van der Waals surface area contributed by atoms with Gasteiger partial charge in [0, 0.05) is 55.0 Å². The summed E-state index contributed by atoms with van der Waals surface area (Å²) in [6.07, 6.45) is 7.53.